The first-order chi connectivity index (χ1) is 8.63. The zero-order chi connectivity index (χ0) is 13.0. The van der Waals surface area contributed by atoms with Gasteiger partial charge in [-0.3, -0.25) is 0 Å². The van der Waals surface area contributed by atoms with Gasteiger partial charge in [0.2, 0.25) is 0 Å². The van der Waals surface area contributed by atoms with Crippen LogP contribution in [0.4, 0.5) is 10.1 Å². The van der Waals surface area contributed by atoms with E-state index in [0.29, 0.717) is 0 Å². The number of nitrogens with one attached hydrogen (secondary N) is 1. The van der Waals surface area contributed by atoms with Gasteiger partial charge in [0.15, 0.2) is 0 Å². The van der Waals surface area contributed by atoms with Crippen molar-refractivity contribution in [3.05, 3.63) is 59.9 Å². The topological polar surface area (TPSA) is 32.3 Å². The molecule has 2 rings (SSSR count). The maximum Gasteiger partial charge on any atom is 0.123 e. The number of aromatic hydroxyl groups is 1. The molecular weight excluding hydrogens is 229 g/mol. The van der Waals surface area contributed by atoms with Crippen LogP contribution in [0.15, 0.2) is 48.5 Å². The zero-order valence-electron chi connectivity index (χ0n) is 10.2. The van der Waals surface area contributed by atoms with Gasteiger partial charge < -0.3 is 10.4 Å². The number of hydrogen-bond acceptors (Lipinski definition) is 2. The van der Waals surface area contributed by atoms with E-state index in [2.05, 4.69) is 5.32 Å². The summed E-state index contributed by atoms with van der Waals surface area (Å²) < 4.78 is 13.0. The Kier molecular flexibility index (Phi) is 3.82. The van der Waals surface area contributed by atoms with Crippen LogP contribution in [0.3, 0.4) is 0 Å². The van der Waals surface area contributed by atoms with E-state index in [4.69, 9.17) is 0 Å². The van der Waals surface area contributed by atoms with Crippen LogP contribution in [-0.4, -0.2) is 11.1 Å². The molecule has 1 unspecified atom stereocenters. The third-order valence-electron chi connectivity index (χ3n) is 2.69. The molecule has 0 saturated carbocycles. The molecule has 3 heteroatoms. The Labute approximate surface area is 106 Å². The summed E-state index contributed by atoms with van der Waals surface area (Å²) in [6.07, 6.45) is 0.730. The van der Waals surface area contributed by atoms with Crippen molar-refractivity contribution in [2.45, 2.75) is 19.4 Å². The zero-order valence-corrected chi connectivity index (χ0v) is 10.2. The molecule has 94 valence electrons. The Morgan fingerprint density at radius 3 is 2.67 bits per heavy atom. The molecule has 2 nitrogen and oxygen atoms in total. The molecule has 2 aromatic rings. The summed E-state index contributed by atoms with van der Waals surface area (Å²) >= 11 is 0. The van der Waals surface area contributed by atoms with E-state index in [0.717, 1.165) is 17.7 Å². The fraction of sp³-hybridized carbons (Fsp3) is 0.200. The van der Waals surface area contributed by atoms with Gasteiger partial charge in [0.25, 0.3) is 0 Å². The predicted molar refractivity (Wildman–Crippen MR) is 71.3 cm³/mol. The molecule has 0 bridgehead atoms. The Morgan fingerprint density at radius 2 is 1.94 bits per heavy atom. The third kappa shape index (κ3) is 3.48. The lowest BCUT2D eigenvalue weighted by molar-refractivity contribution is 0.475. The van der Waals surface area contributed by atoms with Crippen LogP contribution in [0.2, 0.25) is 0 Å². The monoisotopic (exact) mass is 245 g/mol. The summed E-state index contributed by atoms with van der Waals surface area (Å²) in [7, 11) is 0. The van der Waals surface area contributed by atoms with Gasteiger partial charge in [-0.15, -0.1) is 0 Å². The molecule has 0 aliphatic rings. The van der Waals surface area contributed by atoms with Crippen LogP contribution >= 0.6 is 0 Å². The van der Waals surface area contributed by atoms with Crippen molar-refractivity contribution in [3.63, 3.8) is 0 Å². The highest BCUT2D eigenvalue weighted by Gasteiger charge is 2.04. The molecule has 0 radical (unpaired) electrons. The second-order valence-corrected chi connectivity index (χ2v) is 4.43. The van der Waals surface area contributed by atoms with Gasteiger partial charge in [-0.25, -0.2) is 4.39 Å². The Balaban J connectivity index is 1.98. The number of benzene rings is 2. The molecule has 0 amide bonds. The number of phenols is 1. The Morgan fingerprint density at radius 1 is 1.17 bits per heavy atom. The highest BCUT2D eigenvalue weighted by atomic mass is 19.1. The van der Waals surface area contributed by atoms with Crippen molar-refractivity contribution < 1.29 is 9.50 Å². The van der Waals surface area contributed by atoms with Gasteiger partial charge in [-0.05, 0) is 43.2 Å². The normalized spacial score (nSPS) is 12.1. The highest BCUT2D eigenvalue weighted by molar-refractivity contribution is 5.48. The molecule has 0 aromatic heterocycles. The second-order valence-electron chi connectivity index (χ2n) is 4.43. The fourth-order valence-corrected chi connectivity index (χ4v) is 1.95. The van der Waals surface area contributed by atoms with E-state index >= 15 is 0 Å². The molecule has 0 heterocycles. The van der Waals surface area contributed by atoms with Crippen molar-refractivity contribution in [2.24, 2.45) is 0 Å². The van der Waals surface area contributed by atoms with Gasteiger partial charge in [0, 0.05) is 17.8 Å². The molecule has 2 aromatic carbocycles. The fourth-order valence-electron chi connectivity index (χ4n) is 1.95. The van der Waals surface area contributed by atoms with E-state index in [1.54, 1.807) is 30.3 Å². The van der Waals surface area contributed by atoms with Crippen molar-refractivity contribution in [2.75, 3.05) is 5.32 Å². The molecule has 0 fully saturated rings. The van der Waals surface area contributed by atoms with Crippen LogP contribution in [0.25, 0.3) is 0 Å². The first-order valence-electron chi connectivity index (χ1n) is 5.93. The quantitative estimate of drug-likeness (QED) is 0.863. The van der Waals surface area contributed by atoms with Crippen LogP contribution in [0.1, 0.15) is 12.5 Å². The van der Waals surface area contributed by atoms with Gasteiger partial charge >= 0.3 is 0 Å². The van der Waals surface area contributed by atoms with Crippen molar-refractivity contribution in [3.8, 4) is 5.75 Å². The molecule has 0 aliphatic carbocycles. The second kappa shape index (κ2) is 5.54. The summed E-state index contributed by atoms with van der Waals surface area (Å²) in [6.45, 7) is 2.02. The summed E-state index contributed by atoms with van der Waals surface area (Å²) in [5.74, 6) is 0.0232. The molecule has 0 spiro atoms. The predicted octanol–water partition coefficient (Wildman–Crippen LogP) is 3.57. The van der Waals surface area contributed by atoms with E-state index in [-0.39, 0.29) is 17.6 Å². The SMILES string of the molecule is CC(Cc1cccc(F)c1)Nc1cccc(O)c1. The smallest absolute Gasteiger partial charge is 0.123 e. The largest absolute Gasteiger partial charge is 0.508 e. The molecule has 1 atom stereocenters. The number of rotatable bonds is 4. The van der Waals surface area contributed by atoms with Gasteiger partial charge in [-0.1, -0.05) is 18.2 Å². The third-order valence-corrected chi connectivity index (χ3v) is 2.69. The number of anilines is 1. The minimum atomic E-state index is -0.211. The highest BCUT2D eigenvalue weighted by Crippen LogP contribution is 2.17. The molecule has 0 aliphatic heterocycles. The lowest BCUT2D eigenvalue weighted by Crippen LogP contribution is -2.18. The van der Waals surface area contributed by atoms with Crippen LogP contribution in [0.5, 0.6) is 5.75 Å². The molecule has 18 heavy (non-hydrogen) atoms. The van der Waals surface area contributed by atoms with Crippen LogP contribution < -0.4 is 5.32 Å². The van der Waals surface area contributed by atoms with Crippen LogP contribution in [-0.2, 0) is 6.42 Å². The maximum atomic E-state index is 13.0. The molecule has 0 saturated heterocycles. The van der Waals surface area contributed by atoms with Gasteiger partial charge in [-0.2, -0.15) is 0 Å². The minimum Gasteiger partial charge on any atom is -0.508 e. The standard InChI is InChI=1S/C15H16FNO/c1-11(8-12-4-2-5-13(16)9-12)17-14-6-3-7-15(18)10-14/h2-7,9-11,17-18H,8H2,1H3. The summed E-state index contributed by atoms with van der Waals surface area (Å²) in [5.41, 5.74) is 1.81. The first kappa shape index (κ1) is 12.4. The van der Waals surface area contributed by atoms with E-state index < -0.39 is 0 Å². The van der Waals surface area contributed by atoms with E-state index in [1.165, 1.54) is 6.07 Å². The molecule has 2 N–H and O–H groups in total. The average molecular weight is 245 g/mol. The van der Waals surface area contributed by atoms with Crippen molar-refractivity contribution >= 4 is 5.69 Å². The first-order valence-corrected chi connectivity index (χ1v) is 5.93. The van der Waals surface area contributed by atoms with Crippen molar-refractivity contribution in [1.82, 2.24) is 0 Å². The number of halogens is 1. The summed E-state index contributed by atoms with van der Waals surface area (Å²) in [4.78, 5) is 0. The molecular formula is C15H16FNO. The summed E-state index contributed by atoms with van der Waals surface area (Å²) in [6, 6.07) is 13.7. The average Bonchev–Trinajstić information content (AvgIpc) is 2.28. The van der Waals surface area contributed by atoms with E-state index in [9.17, 15) is 9.50 Å². The van der Waals surface area contributed by atoms with Gasteiger partial charge in [0.05, 0.1) is 0 Å². The van der Waals surface area contributed by atoms with Crippen molar-refractivity contribution in [1.29, 1.82) is 0 Å². The Hall–Kier alpha value is -2.03. The van der Waals surface area contributed by atoms with Gasteiger partial charge in [0.1, 0.15) is 11.6 Å². The lowest BCUT2D eigenvalue weighted by Gasteiger charge is -2.15. The number of hydrogen-bond donors (Lipinski definition) is 2. The minimum absolute atomic E-state index is 0.161. The Bertz CT molecular complexity index is 480. The van der Waals surface area contributed by atoms with E-state index in [1.807, 2.05) is 19.1 Å². The summed E-state index contributed by atoms with van der Waals surface area (Å²) in [5, 5.41) is 12.6. The maximum absolute atomic E-state index is 13.0. The van der Waals surface area contributed by atoms with Crippen LogP contribution in [0, 0.1) is 5.82 Å². The number of phenolic OH excluding ortho intramolecular Hbond substituents is 1. The lowest BCUT2D eigenvalue weighted by atomic mass is 10.1.